The van der Waals surface area contributed by atoms with Crippen LogP contribution in [-0.2, 0) is 12.1 Å². The highest BCUT2D eigenvalue weighted by molar-refractivity contribution is 7.81. The van der Waals surface area contributed by atoms with Gasteiger partial charge in [0, 0.05) is 11.6 Å². The maximum atomic E-state index is 13.7. The second kappa shape index (κ2) is 5.26. The number of hydrogen-bond donors (Lipinski definition) is 2. The first-order valence-electron chi connectivity index (χ1n) is 5.59. The summed E-state index contributed by atoms with van der Waals surface area (Å²) in [7, 11) is 0. The van der Waals surface area contributed by atoms with E-state index in [9.17, 15) is 13.9 Å². The lowest BCUT2D eigenvalue weighted by Crippen LogP contribution is -2.36. The minimum Gasteiger partial charge on any atom is -0.384 e. The molecule has 1 heterocycles. The maximum Gasteiger partial charge on any atom is 0.137 e. The third kappa shape index (κ3) is 2.93. The van der Waals surface area contributed by atoms with Gasteiger partial charge in [0.05, 0.1) is 11.8 Å². The Hall–Kier alpha value is -1.47. The maximum absolute atomic E-state index is 13.7. The molecule has 0 bridgehead atoms. The van der Waals surface area contributed by atoms with Crippen LogP contribution >= 0.6 is 12.6 Å². The molecule has 102 valence electrons. The third-order valence-corrected chi connectivity index (χ3v) is 3.62. The fraction of sp³-hybridized carbons (Fsp3) is 0.333. The van der Waals surface area contributed by atoms with Crippen molar-refractivity contribution in [1.82, 2.24) is 14.8 Å². The molecule has 0 radical (unpaired) electrons. The molecule has 0 aliphatic carbocycles. The summed E-state index contributed by atoms with van der Waals surface area (Å²) in [5.74, 6) is -1.49. The van der Waals surface area contributed by atoms with Crippen LogP contribution < -0.4 is 0 Å². The number of rotatable bonds is 4. The zero-order chi connectivity index (χ0) is 14.0. The molecule has 4 nitrogen and oxygen atoms in total. The second-order valence-corrected chi connectivity index (χ2v) is 5.03. The lowest BCUT2D eigenvalue weighted by Gasteiger charge is -2.30. The Morgan fingerprint density at radius 1 is 1.47 bits per heavy atom. The fourth-order valence-electron chi connectivity index (χ4n) is 1.76. The molecule has 0 saturated heterocycles. The Morgan fingerprint density at radius 2 is 2.21 bits per heavy atom. The number of thiol groups is 1. The van der Waals surface area contributed by atoms with Gasteiger partial charge in [0.25, 0.3) is 0 Å². The van der Waals surface area contributed by atoms with E-state index in [0.29, 0.717) is 0 Å². The van der Waals surface area contributed by atoms with Crippen LogP contribution in [-0.4, -0.2) is 25.1 Å². The Balaban J connectivity index is 2.25. The molecule has 2 rings (SSSR count). The van der Waals surface area contributed by atoms with E-state index in [0.717, 1.165) is 12.1 Å². The number of aliphatic hydroxyl groups is 1. The molecule has 2 aromatic rings. The van der Waals surface area contributed by atoms with Gasteiger partial charge in [0.1, 0.15) is 29.9 Å². The minimum absolute atomic E-state index is 0.00554. The molecule has 0 amide bonds. The molecule has 0 aliphatic rings. The monoisotopic (exact) mass is 285 g/mol. The van der Waals surface area contributed by atoms with E-state index in [2.05, 4.69) is 22.7 Å². The summed E-state index contributed by atoms with van der Waals surface area (Å²) in [6.07, 6.45) is 2.83. The highest BCUT2D eigenvalue weighted by Gasteiger charge is 2.34. The summed E-state index contributed by atoms with van der Waals surface area (Å²) in [5.41, 5.74) is -1.57. The minimum atomic E-state index is -1.56. The van der Waals surface area contributed by atoms with E-state index in [4.69, 9.17) is 0 Å². The van der Waals surface area contributed by atoms with E-state index >= 15 is 0 Å². The smallest absolute Gasteiger partial charge is 0.137 e. The van der Waals surface area contributed by atoms with Crippen LogP contribution in [0.3, 0.4) is 0 Å². The molecule has 1 aromatic heterocycles. The van der Waals surface area contributed by atoms with Crippen LogP contribution in [0.4, 0.5) is 8.78 Å². The van der Waals surface area contributed by atoms with Gasteiger partial charge in [0.2, 0.25) is 0 Å². The van der Waals surface area contributed by atoms with Crippen LogP contribution in [0.2, 0.25) is 0 Å². The van der Waals surface area contributed by atoms with E-state index in [1.54, 1.807) is 0 Å². The average Bonchev–Trinajstić information content (AvgIpc) is 2.81. The zero-order valence-corrected chi connectivity index (χ0v) is 11.1. The van der Waals surface area contributed by atoms with Gasteiger partial charge in [-0.1, -0.05) is 6.07 Å². The zero-order valence-electron chi connectivity index (χ0n) is 10.2. The number of hydrogen-bond acceptors (Lipinski definition) is 4. The predicted molar refractivity (Wildman–Crippen MR) is 68.7 cm³/mol. The first-order chi connectivity index (χ1) is 8.91. The Labute approximate surface area is 114 Å². The lowest BCUT2D eigenvalue weighted by molar-refractivity contribution is 0.0457. The number of nitrogens with zero attached hydrogens (tertiary/aromatic N) is 3. The van der Waals surface area contributed by atoms with E-state index in [1.165, 1.54) is 30.3 Å². The first-order valence-corrected chi connectivity index (χ1v) is 6.11. The SMILES string of the molecule is C[C@@](O)(c1ccc(F)cc1F)[C@H](S)Cn1cncn1. The Bertz CT molecular complexity index is 560. The van der Waals surface area contributed by atoms with Crippen LogP contribution in [0.5, 0.6) is 0 Å². The van der Waals surface area contributed by atoms with Crippen molar-refractivity contribution >= 4 is 12.6 Å². The molecule has 1 aromatic carbocycles. The van der Waals surface area contributed by atoms with Gasteiger partial charge in [-0.3, -0.25) is 4.68 Å². The molecular weight excluding hydrogens is 272 g/mol. The summed E-state index contributed by atoms with van der Waals surface area (Å²) in [5, 5.41) is 13.7. The van der Waals surface area contributed by atoms with Crippen LogP contribution in [0, 0.1) is 11.6 Å². The fourth-order valence-corrected chi connectivity index (χ4v) is 2.07. The highest BCUT2D eigenvalue weighted by atomic mass is 32.1. The van der Waals surface area contributed by atoms with Gasteiger partial charge < -0.3 is 5.11 Å². The van der Waals surface area contributed by atoms with Gasteiger partial charge in [-0.05, 0) is 13.0 Å². The molecule has 0 saturated carbocycles. The molecule has 2 atom stereocenters. The van der Waals surface area contributed by atoms with Crippen molar-refractivity contribution < 1.29 is 13.9 Å². The summed E-state index contributed by atoms with van der Waals surface area (Å²) >= 11 is 4.28. The lowest BCUT2D eigenvalue weighted by atomic mass is 9.91. The van der Waals surface area contributed by atoms with Crippen molar-refractivity contribution in [2.24, 2.45) is 0 Å². The molecule has 1 N–H and O–H groups in total. The Kier molecular flexibility index (Phi) is 3.86. The van der Waals surface area contributed by atoms with Gasteiger partial charge >= 0.3 is 0 Å². The van der Waals surface area contributed by atoms with Crippen LogP contribution in [0.25, 0.3) is 0 Å². The van der Waals surface area contributed by atoms with Crippen molar-refractivity contribution in [2.75, 3.05) is 0 Å². The summed E-state index contributed by atoms with van der Waals surface area (Å²) < 4.78 is 28.1. The topological polar surface area (TPSA) is 50.9 Å². The quantitative estimate of drug-likeness (QED) is 0.842. The molecule has 7 heteroatoms. The van der Waals surface area contributed by atoms with Gasteiger partial charge in [-0.15, -0.1) is 0 Å². The second-order valence-electron chi connectivity index (χ2n) is 4.41. The number of halogens is 2. The predicted octanol–water partition coefficient (Wildman–Crippen LogP) is 1.76. The average molecular weight is 285 g/mol. The van der Waals surface area contributed by atoms with Crippen molar-refractivity contribution in [2.45, 2.75) is 24.3 Å². The van der Waals surface area contributed by atoms with Crippen molar-refractivity contribution in [1.29, 1.82) is 0 Å². The summed E-state index contributed by atoms with van der Waals surface area (Å²) in [6, 6.07) is 3.05. The largest absolute Gasteiger partial charge is 0.384 e. The number of benzene rings is 1. The Morgan fingerprint density at radius 3 is 2.79 bits per heavy atom. The highest BCUT2D eigenvalue weighted by Crippen LogP contribution is 2.31. The molecular formula is C12H13F2N3OS. The van der Waals surface area contributed by atoms with Crippen molar-refractivity contribution in [3.63, 3.8) is 0 Å². The molecule has 19 heavy (non-hydrogen) atoms. The van der Waals surface area contributed by atoms with Gasteiger partial charge in [-0.25, -0.2) is 13.8 Å². The van der Waals surface area contributed by atoms with Gasteiger partial charge in [-0.2, -0.15) is 17.7 Å². The molecule has 0 unspecified atom stereocenters. The standard InChI is InChI=1S/C12H13F2N3OS/c1-12(18,9-3-2-8(13)4-10(9)14)11(19)5-17-7-15-6-16-17/h2-4,6-7,11,18-19H,5H2,1H3/t11-,12-/m1/s1. The van der Waals surface area contributed by atoms with Crippen molar-refractivity contribution in [3.8, 4) is 0 Å². The van der Waals surface area contributed by atoms with E-state index in [-0.39, 0.29) is 12.1 Å². The normalized spacial score (nSPS) is 16.1. The molecule has 0 fully saturated rings. The van der Waals surface area contributed by atoms with Crippen LogP contribution in [0.1, 0.15) is 12.5 Å². The first kappa shape index (κ1) is 14.0. The van der Waals surface area contributed by atoms with E-state index < -0.39 is 22.5 Å². The molecule has 0 spiro atoms. The summed E-state index contributed by atoms with van der Waals surface area (Å²) in [4.78, 5) is 3.77. The van der Waals surface area contributed by atoms with Crippen molar-refractivity contribution in [3.05, 3.63) is 48.1 Å². The van der Waals surface area contributed by atoms with E-state index in [1.807, 2.05) is 0 Å². The summed E-state index contributed by atoms with van der Waals surface area (Å²) in [6.45, 7) is 1.67. The third-order valence-electron chi connectivity index (χ3n) is 2.95. The number of aromatic nitrogens is 3. The van der Waals surface area contributed by atoms with Crippen LogP contribution in [0.15, 0.2) is 30.9 Å². The van der Waals surface area contributed by atoms with Gasteiger partial charge in [0.15, 0.2) is 0 Å². The molecule has 0 aliphatic heterocycles.